The molecule has 0 aliphatic heterocycles. The summed E-state index contributed by atoms with van der Waals surface area (Å²) in [4.78, 5) is 38.4. The number of hydrogen-bond donors (Lipinski definition) is 0. The minimum atomic E-state index is -0.812. The summed E-state index contributed by atoms with van der Waals surface area (Å²) in [7, 11) is 0. The zero-order valence-electron chi connectivity index (χ0n) is 53.7. The first-order valence-electron chi connectivity index (χ1n) is 34.0. The van der Waals surface area contributed by atoms with Gasteiger partial charge in [-0.2, -0.15) is 0 Å². The highest BCUT2D eigenvalue weighted by atomic mass is 16.6. The first-order valence-corrected chi connectivity index (χ1v) is 34.0. The first-order chi connectivity index (χ1) is 41.0. The lowest BCUT2D eigenvalue weighted by Gasteiger charge is -2.18. The second kappa shape index (κ2) is 69.5. The van der Waals surface area contributed by atoms with Crippen LogP contribution in [0.15, 0.2) is 158 Å². The highest BCUT2D eigenvalue weighted by Crippen LogP contribution is 2.15. The topological polar surface area (TPSA) is 78.9 Å². The van der Waals surface area contributed by atoms with Gasteiger partial charge in [-0.25, -0.2) is 0 Å². The van der Waals surface area contributed by atoms with Crippen molar-refractivity contribution in [2.24, 2.45) is 0 Å². The molecule has 0 fully saturated rings. The van der Waals surface area contributed by atoms with E-state index in [9.17, 15) is 14.4 Å². The third-order valence-corrected chi connectivity index (χ3v) is 14.0. The minimum Gasteiger partial charge on any atom is -0.462 e. The van der Waals surface area contributed by atoms with E-state index in [-0.39, 0.29) is 37.5 Å². The molecule has 0 aromatic heterocycles. The van der Waals surface area contributed by atoms with Gasteiger partial charge in [-0.15, -0.1) is 0 Å². The van der Waals surface area contributed by atoms with Crippen molar-refractivity contribution in [3.63, 3.8) is 0 Å². The van der Waals surface area contributed by atoms with Gasteiger partial charge in [0, 0.05) is 19.3 Å². The second-order valence-electron chi connectivity index (χ2n) is 22.0. The van der Waals surface area contributed by atoms with Crippen molar-refractivity contribution >= 4 is 17.9 Å². The Morgan fingerprint density at radius 3 is 0.747 bits per heavy atom. The fraction of sp³-hybridized carbons (Fsp3) is 0.623. The molecular formula is C77H124O6. The lowest BCUT2D eigenvalue weighted by Crippen LogP contribution is -2.30. The van der Waals surface area contributed by atoms with Crippen molar-refractivity contribution in [3.05, 3.63) is 158 Å². The van der Waals surface area contributed by atoms with E-state index in [2.05, 4.69) is 179 Å². The van der Waals surface area contributed by atoms with Crippen LogP contribution in [0.4, 0.5) is 0 Å². The maximum atomic E-state index is 12.9. The van der Waals surface area contributed by atoms with Crippen LogP contribution in [0.1, 0.15) is 290 Å². The molecule has 0 saturated carbocycles. The van der Waals surface area contributed by atoms with Crippen LogP contribution in [0.3, 0.4) is 0 Å². The van der Waals surface area contributed by atoms with Crippen molar-refractivity contribution in [3.8, 4) is 0 Å². The third kappa shape index (κ3) is 67.7. The van der Waals surface area contributed by atoms with Gasteiger partial charge in [-0.3, -0.25) is 14.4 Å². The smallest absolute Gasteiger partial charge is 0.306 e. The number of ether oxygens (including phenoxy) is 3. The second-order valence-corrected chi connectivity index (χ2v) is 22.0. The molecule has 0 aliphatic rings. The van der Waals surface area contributed by atoms with Gasteiger partial charge >= 0.3 is 17.9 Å². The Morgan fingerprint density at radius 1 is 0.253 bits per heavy atom. The quantitative estimate of drug-likeness (QED) is 0.0261. The van der Waals surface area contributed by atoms with Crippen LogP contribution in [0.5, 0.6) is 0 Å². The van der Waals surface area contributed by atoms with E-state index < -0.39 is 6.10 Å². The van der Waals surface area contributed by atoms with E-state index in [1.807, 2.05) is 0 Å². The summed E-state index contributed by atoms with van der Waals surface area (Å²) in [6.07, 6.45) is 101. The summed E-state index contributed by atoms with van der Waals surface area (Å²) in [6, 6.07) is 0. The number of hydrogen-bond acceptors (Lipinski definition) is 6. The van der Waals surface area contributed by atoms with E-state index >= 15 is 0 Å². The Bertz CT molecular complexity index is 1840. The Kier molecular flexibility index (Phi) is 65.4. The number of esters is 3. The fourth-order valence-corrected chi connectivity index (χ4v) is 8.97. The van der Waals surface area contributed by atoms with E-state index in [0.29, 0.717) is 19.3 Å². The van der Waals surface area contributed by atoms with E-state index in [1.54, 1.807) is 0 Å². The number of unbranched alkanes of at least 4 members (excludes halogenated alkanes) is 23. The van der Waals surface area contributed by atoms with Gasteiger partial charge in [0.15, 0.2) is 6.10 Å². The molecule has 0 amide bonds. The monoisotopic (exact) mass is 1140 g/mol. The molecule has 0 aromatic rings. The van der Waals surface area contributed by atoms with E-state index in [1.165, 1.54) is 96.3 Å². The lowest BCUT2D eigenvalue weighted by atomic mass is 10.0. The number of carbonyl (C=O) groups excluding carboxylic acids is 3. The molecule has 0 heterocycles. The molecule has 1 unspecified atom stereocenters. The molecule has 0 bridgehead atoms. The van der Waals surface area contributed by atoms with Crippen molar-refractivity contribution in [1.29, 1.82) is 0 Å². The predicted octanol–water partition coefficient (Wildman–Crippen LogP) is 23.7. The zero-order valence-corrected chi connectivity index (χ0v) is 53.7. The predicted molar refractivity (Wildman–Crippen MR) is 362 cm³/mol. The van der Waals surface area contributed by atoms with Gasteiger partial charge < -0.3 is 14.2 Å². The summed E-state index contributed by atoms with van der Waals surface area (Å²) in [6.45, 7) is 6.35. The minimum absolute atomic E-state index is 0.103. The molecule has 0 spiro atoms. The summed E-state index contributed by atoms with van der Waals surface area (Å²) in [5.74, 6) is -0.949. The van der Waals surface area contributed by atoms with Crippen LogP contribution in [-0.4, -0.2) is 37.2 Å². The number of carbonyl (C=O) groups is 3. The maximum Gasteiger partial charge on any atom is 0.306 e. The van der Waals surface area contributed by atoms with E-state index in [0.717, 1.165) is 148 Å². The molecule has 468 valence electrons. The highest BCUT2D eigenvalue weighted by molar-refractivity contribution is 5.71. The highest BCUT2D eigenvalue weighted by Gasteiger charge is 2.19. The Labute approximate surface area is 511 Å². The molecule has 0 aliphatic carbocycles. The summed E-state index contributed by atoms with van der Waals surface area (Å²) in [5, 5.41) is 0. The molecule has 6 nitrogen and oxygen atoms in total. The normalized spacial score (nSPS) is 13.1. The number of allylic oxidation sites excluding steroid dienone is 26. The average Bonchev–Trinajstić information content (AvgIpc) is 3.50. The van der Waals surface area contributed by atoms with Crippen molar-refractivity contribution in [2.45, 2.75) is 297 Å². The molecule has 6 heteroatoms. The fourth-order valence-electron chi connectivity index (χ4n) is 8.97. The molecular weight excluding hydrogens is 1020 g/mol. The lowest BCUT2D eigenvalue weighted by molar-refractivity contribution is -0.167. The molecule has 0 radical (unpaired) electrons. The van der Waals surface area contributed by atoms with Crippen LogP contribution in [0, 0.1) is 0 Å². The molecule has 0 N–H and O–H groups in total. The van der Waals surface area contributed by atoms with Gasteiger partial charge in [0.25, 0.3) is 0 Å². The standard InChI is InChI=1S/C77H124O6/c1-4-7-10-13-16-19-22-25-28-31-34-35-36-37-38-39-40-41-44-46-49-52-55-58-61-64-67-70-76(79)82-73-74(83-77(80)71-68-65-62-59-56-53-50-47-43-33-30-27-24-21-18-15-12-9-6-3)72-81-75(78)69-66-63-60-57-54-51-48-45-42-32-29-26-23-20-17-14-11-8-5-2/h7,9-10,12,16-21,25-30,34-35,37-38,42-43,45,47,53,56,74H,4-6,8,11,13-15,22-24,31-33,36,39-41,44,46,48-52,54-55,57-73H2,1-3H3/b10-7-,12-9-,19-16-,20-17-,21-18-,28-25-,29-26-,30-27-,35-34-,38-37-,45-42-,47-43-,56-53-. The third-order valence-electron chi connectivity index (χ3n) is 14.0. The Hall–Kier alpha value is -4.97. The Balaban J connectivity index is 4.45. The Morgan fingerprint density at radius 2 is 0.470 bits per heavy atom. The van der Waals surface area contributed by atoms with Crippen LogP contribution >= 0.6 is 0 Å². The summed E-state index contributed by atoms with van der Waals surface area (Å²) >= 11 is 0. The van der Waals surface area contributed by atoms with Crippen molar-refractivity contribution < 1.29 is 28.6 Å². The van der Waals surface area contributed by atoms with Crippen LogP contribution in [0.2, 0.25) is 0 Å². The summed E-state index contributed by atoms with van der Waals surface area (Å²) in [5.41, 5.74) is 0. The van der Waals surface area contributed by atoms with E-state index in [4.69, 9.17) is 14.2 Å². The molecule has 83 heavy (non-hydrogen) atoms. The largest absolute Gasteiger partial charge is 0.462 e. The number of rotatable bonds is 60. The van der Waals surface area contributed by atoms with Gasteiger partial charge in [0.05, 0.1) is 0 Å². The van der Waals surface area contributed by atoms with Gasteiger partial charge in [0.2, 0.25) is 0 Å². The maximum absolute atomic E-state index is 12.9. The van der Waals surface area contributed by atoms with Crippen LogP contribution in [0.25, 0.3) is 0 Å². The molecule has 0 saturated heterocycles. The van der Waals surface area contributed by atoms with Gasteiger partial charge in [0.1, 0.15) is 13.2 Å². The molecule has 0 rings (SSSR count). The zero-order chi connectivity index (χ0) is 59.9. The SMILES string of the molecule is CC/C=C\C/C=C\C/C=C\C/C=C\C/C=C\CCCCCCCCCCCCCC(=O)OCC(COC(=O)CCCCCCCC/C=C\C/C=C\C/C=C\CCCCC)OC(=O)CCCCC/C=C\C/C=C\C/C=C\C/C=C\C/C=C\CC. The first kappa shape index (κ1) is 78.0. The van der Waals surface area contributed by atoms with Crippen LogP contribution < -0.4 is 0 Å². The van der Waals surface area contributed by atoms with Crippen molar-refractivity contribution in [1.82, 2.24) is 0 Å². The molecule has 0 aromatic carbocycles. The van der Waals surface area contributed by atoms with Crippen LogP contribution in [-0.2, 0) is 28.6 Å². The summed E-state index contributed by atoms with van der Waals surface area (Å²) < 4.78 is 16.9. The van der Waals surface area contributed by atoms with Gasteiger partial charge in [-0.1, -0.05) is 281 Å². The van der Waals surface area contributed by atoms with Crippen molar-refractivity contribution in [2.75, 3.05) is 13.2 Å². The van der Waals surface area contributed by atoms with Gasteiger partial charge in [-0.05, 0) is 148 Å². The average molecular weight is 1150 g/mol. The molecule has 1 atom stereocenters.